The molecule has 1 atom stereocenters. The average molecular weight is 301 g/mol. The average Bonchev–Trinajstić information content (AvgIpc) is 3.01. The number of hydrogen-bond acceptors (Lipinski definition) is 4. The Labute approximate surface area is 130 Å². The molecule has 0 aromatic carbocycles. The molecule has 2 aromatic heterocycles. The second kappa shape index (κ2) is 5.89. The molecule has 118 valence electrons. The fraction of sp³-hybridized carbons (Fsp3) is 0.588. The SMILES string of the molecule is COCC1CN(Cc2ccco2)Cc2c1cnn2CC1CC1. The first-order valence-corrected chi connectivity index (χ1v) is 8.11. The maximum absolute atomic E-state index is 5.51. The highest BCUT2D eigenvalue weighted by atomic mass is 16.5. The monoisotopic (exact) mass is 301 g/mol. The van der Waals surface area contributed by atoms with E-state index in [9.17, 15) is 0 Å². The Bertz CT molecular complexity index is 616. The van der Waals surface area contributed by atoms with E-state index in [1.807, 2.05) is 12.1 Å². The molecule has 1 saturated carbocycles. The summed E-state index contributed by atoms with van der Waals surface area (Å²) in [7, 11) is 1.78. The number of aromatic nitrogens is 2. The Hall–Kier alpha value is -1.59. The van der Waals surface area contributed by atoms with Crippen molar-refractivity contribution in [3.8, 4) is 0 Å². The molecule has 3 heterocycles. The van der Waals surface area contributed by atoms with Crippen LogP contribution in [0.1, 0.15) is 35.8 Å². The lowest BCUT2D eigenvalue weighted by molar-refractivity contribution is 0.129. The van der Waals surface area contributed by atoms with Crippen molar-refractivity contribution in [1.82, 2.24) is 14.7 Å². The minimum absolute atomic E-state index is 0.400. The van der Waals surface area contributed by atoms with Crippen LogP contribution in [0.4, 0.5) is 0 Å². The van der Waals surface area contributed by atoms with Crippen molar-refractivity contribution in [2.75, 3.05) is 20.3 Å². The summed E-state index contributed by atoms with van der Waals surface area (Å²) in [6.45, 7) is 4.61. The smallest absolute Gasteiger partial charge is 0.117 e. The zero-order valence-electron chi connectivity index (χ0n) is 13.1. The maximum atomic E-state index is 5.51. The van der Waals surface area contributed by atoms with Gasteiger partial charge in [0.15, 0.2) is 0 Å². The third-order valence-corrected chi connectivity index (χ3v) is 4.73. The van der Waals surface area contributed by atoms with Gasteiger partial charge in [-0.1, -0.05) is 0 Å². The number of ether oxygens (including phenoxy) is 1. The second-order valence-electron chi connectivity index (χ2n) is 6.57. The van der Waals surface area contributed by atoms with E-state index in [-0.39, 0.29) is 0 Å². The van der Waals surface area contributed by atoms with E-state index >= 15 is 0 Å². The van der Waals surface area contributed by atoms with Gasteiger partial charge >= 0.3 is 0 Å². The van der Waals surface area contributed by atoms with Crippen molar-refractivity contribution in [2.24, 2.45) is 5.92 Å². The Balaban J connectivity index is 1.56. The van der Waals surface area contributed by atoms with Crippen LogP contribution in [-0.2, 0) is 24.4 Å². The maximum Gasteiger partial charge on any atom is 0.117 e. The third kappa shape index (κ3) is 2.83. The van der Waals surface area contributed by atoms with Gasteiger partial charge in [0.1, 0.15) is 5.76 Å². The molecule has 2 aliphatic rings. The highest BCUT2D eigenvalue weighted by Crippen LogP contribution is 2.34. The molecule has 0 spiro atoms. The number of hydrogen-bond donors (Lipinski definition) is 0. The van der Waals surface area contributed by atoms with Crippen molar-refractivity contribution in [2.45, 2.75) is 38.4 Å². The summed E-state index contributed by atoms with van der Waals surface area (Å²) in [6.07, 6.45) is 6.51. The van der Waals surface area contributed by atoms with Crippen LogP contribution in [0, 0.1) is 5.92 Å². The predicted molar refractivity (Wildman–Crippen MR) is 82.4 cm³/mol. The number of nitrogens with zero attached hydrogens (tertiary/aromatic N) is 3. The van der Waals surface area contributed by atoms with Crippen LogP contribution in [0.5, 0.6) is 0 Å². The molecule has 5 heteroatoms. The predicted octanol–water partition coefficient (Wildman–Crippen LogP) is 2.63. The summed E-state index contributed by atoms with van der Waals surface area (Å²) in [5.74, 6) is 2.26. The fourth-order valence-electron chi connectivity index (χ4n) is 3.41. The summed E-state index contributed by atoms with van der Waals surface area (Å²) in [4.78, 5) is 2.44. The first-order valence-electron chi connectivity index (χ1n) is 8.11. The van der Waals surface area contributed by atoms with Gasteiger partial charge < -0.3 is 9.15 Å². The van der Waals surface area contributed by atoms with E-state index in [1.54, 1.807) is 13.4 Å². The number of fused-ring (bicyclic) bond motifs is 1. The Morgan fingerprint density at radius 2 is 2.32 bits per heavy atom. The van der Waals surface area contributed by atoms with Crippen LogP contribution >= 0.6 is 0 Å². The molecular formula is C17H23N3O2. The lowest BCUT2D eigenvalue weighted by Crippen LogP contribution is -2.35. The highest BCUT2D eigenvalue weighted by molar-refractivity contribution is 5.26. The van der Waals surface area contributed by atoms with Gasteiger partial charge in [0.2, 0.25) is 0 Å². The first-order chi connectivity index (χ1) is 10.8. The van der Waals surface area contributed by atoms with Crippen molar-refractivity contribution in [3.05, 3.63) is 41.6 Å². The topological polar surface area (TPSA) is 43.4 Å². The fourth-order valence-corrected chi connectivity index (χ4v) is 3.41. The van der Waals surface area contributed by atoms with Gasteiger partial charge in [-0.05, 0) is 30.9 Å². The van der Waals surface area contributed by atoms with Crippen molar-refractivity contribution in [3.63, 3.8) is 0 Å². The molecule has 1 aliphatic heterocycles. The van der Waals surface area contributed by atoms with Crippen molar-refractivity contribution >= 4 is 0 Å². The Kier molecular flexibility index (Phi) is 3.76. The molecule has 0 radical (unpaired) electrons. The van der Waals surface area contributed by atoms with Gasteiger partial charge in [-0.3, -0.25) is 9.58 Å². The normalized spacial score (nSPS) is 22.0. The first kappa shape index (κ1) is 14.0. The molecule has 1 fully saturated rings. The molecule has 4 rings (SSSR count). The molecule has 0 N–H and O–H groups in total. The molecule has 1 aliphatic carbocycles. The molecule has 1 unspecified atom stereocenters. The van der Waals surface area contributed by atoms with Crippen LogP contribution in [0.3, 0.4) is 0 Å². The van der Waals surface area contributed by atoms with Crippen LogP contribution < -0.4 is 0 Å². The standard InChI is InChI=1S/C17H23N3O2/c1-21-12-14-9-19(10-15-3-2-6-22-15)11-17-16(14)7-18-20(17)8-13-4-5-13/h2-3,6-7,13-14H,4-5,8-12H2,1H3. The summed E-state index contributed by atoms with van der Waals surface area (Å²) in [5, 5.41) is 4.65. The van der Waals surface area contributed by atoms with Crippen molar-refractivity contribution in [1.29, 1.82) is 0 Å². The minimum Gasteiger partial charge on any atom is -0.468 e. The van der Waals surface area contributed by atoms with Crippen molar-refractivity contribution < 1.29 is 9.15 Å². The minimum atomic E-state index is 0.400. The van der Waals surface area contributed by atoms with Crippen LogP contribution in [0.15, 0.2) is 29.0 Å². The highest BCUT2D eigenvalue weighted by Gasteiger charge is 2.31. The van der Waals surface area contributed by atoms with Gasteiger partial charge in [-0.25, -0.2) is 0 Å². The van der Waals surface area contributed by atoms with E-state index in [0.717, 1.165) is 44.5 Å². The number of furan rings is 1. The van der Waals surface area contributed by atoms with E-state index in [4.69, 9.17) is 9.15 Å². The van der Waals surface area contributed by atoms with Crippen LogP contribution in [-0.4, -0.2) is 34.9 Å². The van der Waals surface area contributed by atoms with E-state index in [0.29, 0.717) is 5.92 Å². The van der Waals surface area contributed by atoms with Crippen LogP contribution in [0.2, 0.25) is 0 Å². The summed E-state index contributed by atoms with van der Waals surface area (Å²) in [5.41, 5.74) is 2.74. The molecule has 22 heavy (non-hydrogen) atoms. The summed E-state index contributed by atoms with van der Waals surface area (Å²) >= 11 is 0. The van der Waals surface area contributed by atoms with Crippen LogP contribution in [0.25, 0.3) is 0 Å². The third-order valence-electron chi connectivity index (χ3n) is 4.73. The van der Waals surface area contributed by atoms with E-state index in [2.05, 4.69) is 20.9 Å². The molecule has 0 bridgehead atoms. The lowest BCUT2D eigenvalue weighted by atomic mass is 9.95. The van der Waals surface area contributed by atoms with Gasteiger partial charge in [0.25, 0.3) is 0 Å². The van der Waals surface area contributed by atoms with E-state index in [1.165, 1.54) is 24.1 Å². The number of methoxy groups -OCH3 is 1. The van der Waals surface area contributed by atoms with E-state index < -0.39 is 0 Å². The molecule has 2 aromatic rings. The largest absolute Gasteiger partial charge is 0.468 e. The summed E-state index contributed by atoms with van der Waals surface area (Å²) in [6, 6.07) is 4.00. The molecule has 5 nitrogen and oxygen atoms in total. The van der Waals surface area contributed by atoms with Gasteiger partial charge in [0, 0.05) is 38.2 Å². The zero-order valence-corrected chi connectivity index (χ0v) is 13.1. The Morgan fingerprint density at radius 1 is 1.41 bits per heavy atom. The van der Waals surface area contributed by atoms with Gasteiger partial charge in [-0.2, -0.15) is 5.10 Å². The molecular weight excluding hydrogens is 278 g/mol. The zero-order chi connectivity index (χ0) is 14.9. The summed E-state index contributed by atoms with van der Waals surface area (Å²) < 4.78 is 13.2. The van der Waals surface area contributed by atoms with Gasteiger partial charge in [-0.15, -0.1) is 0 Å². The number of rotatable bonds is 6. The Morgan fingerprint density at radius 3 is 3.05 bits per heavy atom. The molecule has 0 saturated heterocycles. The van der Waals surface area contributed by atoms with Gasteiger partial charge in [0.05, 0.1) is 31.3 Å². The lowest BCUT2D eigenvalue weighted by Gasteiger charge is -2.32. The molecule has 0 amide bonds. The quantitative estimate of drug-likeness (QED) is 0.822. The second-order valence-corrected chi connectivity index (χ2v) is 6.57.